The molecular formula is C18H22N4O2. The number of carbonyl (C=O) groups excluding carboxylic acids is 1. The average Bonchev–Trinajstić information content (AvgIpc) is 2.93. The molecule has 0 radical (unpaired) electrons. The lowest BCUT2D eigenvalue weighted by Crippen LogP contribution is -2.27. The summed E-state index contributed by atoms with van der Waals surface area (Å²) in [5.41, 5.74) is 2.77. The number of rotatable bonds is 1. The highest BCUT2D eigenvalue weighted by atomic mass is 16.6. The molecule has 1 N–H and O–H groups in total. The van der Waals surface area contributed by atoms with E-state index in [-0.39, 0.29) is 11.2 Å². The molecule has 1 aliphatic rings. The fourth-order valence-corrected chi connectivity index (χ4v) is 3.24. The minimum Gasteiger partial charge on any atom is -0.444 e. The first kappa shape index (κ1) is 16.3. The Morgan fingerprint density at radius 2 is 2.12 bits per heavy atom. The quantitative estimate of drug-likeness (QED) is 0.865. The number of aromatic nitrogens is 2. The van der Waals surface area contributed by atoms with Gasteiger partial charge in [-0.15, -0.1) is 5.10 Å². The van der Waals surface area contributed by atoms with E-state index in [9.17, 15) is 10.1 Å². The van der Waals surface area contributed by atoms with E-state index in [0.717, 1.165) is 18.5 Å². The Bertz CT molecular complexity index is 866. The van der Waals surface area contributed by atoms with Crippen LogP contribution in [0.2, 0.25) is 0 Å². The van der Waals surface area contributed by atoms with Crippen molar-refractivity contribution in [2.75, 3.05) is 5.32 Å². The monoisotopic (exact) mass is 326 g/mol. The molecule has 1 amide bonds. The van der Waals surface area contributed by atoms with Crippen LogP contribution in [0.3, 0.4) is 0 Å². The van der Waals surface area contributed by atoms with Gasteiger partial charge in [0.2, 0.25) is 0 Å². The maximum Gasteiger partial charge on any atom is 0.413 e. The van der Waals surface area contributed by atoms with Crippen LogP contribution in [0.4, 0.5) is 10.6 Å². The summed E-state index contributed by atoms with van der Waals surface area (Å²) in [4.78, 5) is 12.0. The molecule has 0 saturated heterocycles. The van der Waals surface area contributed by atoms with Gasteiger partial charge in [0.15, 0.2) is 5.82 Å². The zero-order chi connectivity index (χ0) is 17.7. The maximum absolute atomic E-state index is 12.0. The van der Waals surface area contributed by atoms with Gasteiger partial charge < -0.3 is 4.74 Å². The van der Waals surface area contributed by atoms with Crippen LogP contribution >= 0.6 is 0 Å². The van der Waals surface area contributed by atoms with Crippen molar-refractivity contribution in [2.45, 2.75) is 58.5 Å². The lowest BCUT2D eigenvalue weighted by Gasteiger charge is -2.19. The van der Waals surface area contributed by atoms with Crippen LogP contribution in [0, 0.1) is 11.3 Å². The molecule has 0 bridgehead atoms. The van der Waals surface area contributed by atoms with Crippen molar-refractivity contribution in [1.82, 2.24) is 9.61 Å². The van der Waals surface area contributed by atoms with Gasteiger partial charge in [-0.05, 0) is 45.2 Å². The van der Waals surface area contributed by atoms with Crippen LogP contribution in [-0.4, -0.2) is 21.3 Å². The third-order valence-electron chi connectivity index (χ3n) is 4.27. The standard InChI is InChI=1S/C18H22N4O2/c1-17(2,3)24-16(23)20-15-12(10-19)13-7-6-11-8-9-18(4,5)14(11)22(13)21-15/h6-7H,8-9H2,1-5H3,(H,20,21,23). The second-order valence-electron chi connectivity index (χ2n) is 7.85. The summed E-state index contributed by atoms with van der Waals surface area (Å²) in [6.07, 6.45) is 1.42. The molecule has 0 fully saturated rings. The minimum atomic E-state index is -0.613. The zero-order valence-electron chi connectivity index (χ0n) is 14.7. The number of amides is 1. The summed E-state index contributed by atoms with van der Waals surface area (Å²) in [5.74, 6) is 0.239. The molecule has 24 heavy (non-hydrogen) atoms. The maximum atomic E-state index is 12.0. The predicted molar refractivity (Wildman–Crippen MR) is 91.1 cm³/mol. The van der Waals surface area contributed by atoms with Gasteiger partial charge in [-0.2, -0.15) is 5.26 Å². The van der Waals surface area contributed by atoms with E-state index in [0.29, 0.717) is 11.1 Å². The molecule has 2 heterocycles. The van der Waals surface area contributed by atoms with Crippen LogP contribution in [0.1, 0.15) is 57.9 Å². The lowest BCUT2D eigenvalue weighted by atomic mass is 9.90. The van der Waals surface area contributed by atoms with Crippen LogP contribution in [0.15, 0.2) is 12.1 Å². The Morgan fingerprint density at radius 3 is 2.75 bits per heavy atom. The highest BCUT2D eigenvalue weighted by Gasteiger charge is 2.34. The number of hydrogen-bond acceptors (Lipinski definition) is 4. The molecule has 0 unspecified atom stereocenters. The predicted octanol–water partition coefficient (Wildman–Crippen LogP) is 3.78. The van der Waals surface area contributed by atoms with Gasteiger partial charge >= 0.3 is 6.09 Å². The van der Waals surface area contributed by atoms with E-state index in [1.54, 1.807) is 25.3 Å². The fraction of sp³-hybridized carbons (Fsp3) is 0.500. The van der Waals surface area contributed by atoms with Gasteiger partial charge in [0, 0.05) is 5.41 Å². The molecule has 0 spiro atoms. The van der Waals surface area contributed by atoms with E-state index in [1.807, 2.05) is 6.07 Å². The number of nitrogens with one attached hydrogen (secondary N) is 1. The summed E-state index contributed by atoms with van der Waals surface area (Å²) < 4.78 is 7.06. The molecule has 6 nitrogen and oxygen atoms in total. The average molecular weight is 326 g/mol. The van der Waals surface area contributed by atoms with E-state index in [1.165, 1.54) is 5.56 Å². The van der Waals surface area contributed by atoms with Gasteiger partial charge in [-0.3, -0.25) is 5.32 Å². The van der Waals surface area contributed by atoms with E-state index in [4.69, 9.17) is 4.74 Å². The summed E-state index contributed by atoms with van der Waals surface area (Å²) >= 11 is 0. The topological polar surface area (TPSA) is 79.4 Å². The first-order chi connectivity index (χ1) is 11.1. The largest absolute Gasteiger partial charge is 0.444 e. The summed E-state index contributed by atoms with van der Waals surface area (Å²) in [7, 11) is 0. The normalized spacial score (nSPS) is 15.8. The number of fused-ring (bicyclic) bond motifs is 3. The summed E-state index contributed by atoms with van der Waals surface area (Å²) in [6.45, 7) is 9.71. The molecule has 0 aromatic carbocycles. The van der Waals surface area contributed by atoms with Gasteiger partial charge in [0.05, 0.1) is 11.2 Å². The number of carbonyl (C=O) groups is 1. The van der Waals surface area contributed by atoms with Crippen molar-refractivity contribution in [3.8, 4) is 6.07 Å². The second kappa shape index (κ2) is 5.23. The van der Waals surface area contributed by atoms with Gasteiger partial charge in [-0.25, -0.2) is 9.31 Å². The number of aryl methyl sites for hydroxylation is 1. The van der Waals surface area contributed by atoms with Crippen molar-refractivity contribution in [3.05, 3.63) is 29.0 Å². The number of pyridine rings is 1. The lowest BCUT2D eigenvalue weighted by molar-refractivity contribution is 0.0635. The first-order valence-corrected chi connectivity index (χ1v) is 8.07. The number of anilines is 1. The molecule has 3 rings (SSSR count). The Kier molecular flexibility index (Phi) is 3.56. The van der Waals surface area contributed by atoms with Crippen LogP contribution in [0.25, 0.3) is 5.52 Å². The Morgan fingerprint density at radius 1 is 1.42 bits per heavy atom. The highest BCUT2D eigenvalue weighted by Crippen LogP contribution is 2.39. The molecule has 2 aromatic heterocycles. The van der Waals surface area contributed by atoms with Gasteiger partial charge in [-0.1, -0.05) is 19.9 Å². The third-order valence-corrected chi connectivity index (χ3v) is 4.27. The van der Waals surface area contributed by atoms with Gasteiger partial charge in [0.1, 0.15) is 17.2 Å². The number of nitrogens with zero attached hydrogens (tertiary/aromatic N) is 3. The Balaban J connectivity index is 2.08. The number of hydrogen-bond donors (Lipinski definition) is 1. The van der Waals surface area contributed by atoms with Crippen molar-refractivity contribution >= 4 is 17.4 Å². The number of ether oxygens (including phenoxy) is 1. The summed E-state index contributed by atoms with van der Waals surface area (Å²) in [6, 6.07) is 6.10. The van der Waals surface area contributed by atoms with Crippen molar-refractivity contribution in [2.24, 2.45) is 0 Å². The molecule has 0 aliphatic heterocycles. The third kappa shape index (κ3) is 2.71. The molecule has 126 valence electrons. The van der Waals surface area contributed by atoms with Crippen LogP contribution < -0.4 is 5.32 Å². The molecular weight excluding hydrogens is 304 g/mol. The smallest absolute Gasteiger partial charge is 0.413 e. The zero-order valence-corrected chi connectivity index (χ0v) is 14.7. The molecule has 0 saturated carbocycles. The van der Waals surface area contributed by atoms with E-state index in [2.05, 4.69) is 36.4 Å². The minimum absolute atomic E-state index is 0.0171. The Hall–Kier alpha value is -2.55. The highest BCUT2D eigenvalue weighted by molar-refractivity contribution is 5.88. The van der Waals surface area contributed by atoms with E-state index >= 15 is 0 Å². The van der Waals surface area contributed by atoms with Crippen molar-refractivity contribution in [1.29, 1.82) is 5.26 Å². The number of nitriles is 1. The summed E-state index contributed by atoms with van der Waals surface area (Å²) in [5, 5.41) is 16.6. The SMILES string of the molecule is CC(C)(C)OC(=O)Nc1nn2c3c(ccc2c1C#N)CCC3(C)C. The van der Waals surface area contributed by atoms with Crippen molar-refractivity contribution in [3.63, 3.8) is 0 Å². The Labute approximate surface area is 141 Å². The molecule has 0 atom stereocenters. The van der Waals surface area contributed by atoms with Crippen molar-refractivity contribution < 1.29 is 9.53 Å². The molecule has 6 heteroatoms. The first-order valence-electron chi connectivity index (χ1n) is 8.07. The molecule has 2 aromatic rings. The van der Waals surface area contributed by atoms with Gasteiger partial charge in [0.25, 0.3) is 0 Å². The second-order valence-corrected chi connectivity index (χ2v) is 7.85. The van der Waals surface area contributed by atoms with Crippen LogP contribution in [-0.2, 0) is 16.6 Å². The molecule has 1 aliphatic carbocycles. The van der Waals surface area contributed by atoms with Crippen LogP contribution in [0.5, 0.6) is 0 Å². The fourth-order valence-electron chi connectivity index (χ4n) is 3.24. The van der Waals surface area contributed by atoms with E-state index < -0.39 is 11.7 Å².